The molecule has 1 aliphatic heterocycles. The fourth-order valence-electron chi connectivity index (χ4n) is 4.64. The molecule has 0 amide bonds. The number of ketones is 1. The Labute approximate surface area is 177 Å². The number of aliphatic hydroxyl groups excluding tert-OH is 1. The van der Waals surface area contributed by atoms with E-state index in [9.17, 15) is 9.90 Å². The number of fused-ring (bicyclic) bond motifs is 2. The van der Waals surface area contributed by atoms with E-state index >= 15 is 0 Å². The molecule has 6 heteroatoms. The highest BCUT2D eigenvalue weighted by atomic mass is 16.6. The zero-order chi connectivity index (χ0) is 21.3. The monoisotopic (exact) mass is 414 g/mol. The Balaban J connectivity index is 1.55. The molecule has 30 heavy (non-hydrogen) atoms. The third-order valence-corrected chi connectivity index (χ3v) is 6.36. The molecule has 0 aromatic heterocycles. The lowest BCUT2D eigenvalue weighted by Crippen LogP contribution is -2.35. The summed E-state index contributed by atoms with van der Waals surface area (Å²) in [5.41, 5.74) is 3.48. The van der Waals surface area contributed by atoms with Crippen molar-refractivity contribution < 1.29 is 28.8 Å². The summed E-state index contributed by atoms with van der Waals surface area (Å²) in [7, 11) is 3.37. The van der Waals surface area contributed by atoms with Gasteiger partial charge in [-0.2, -0.15) is 0 Å². The molecule has 6 nitrogen and oxygen atoms in total. The first-order valence-corrected chi connectivity index (χ1v) is 10.6. The van der Waals surface area contributed by atoms with Crippen molar-refractivity contribution in [1.82, 2.24) is 0 Å². The number of Topliss-reactive ketones (excluding diaryl/α,β-unsaturated/α-hetero) is 1. The molecule has 0 saturated carbocycles. The van der Waals surface area contributed by atoms with Gasteiger partial charge in [-0.25, -0.2) is 0 Å². The topological polar surface area (TPSA) is 74.2 Å². The molecule has 0 fully saturated rings. The molecule has 4 rings (SSSR count). The summed E-state index contributed by atoms with van der Waals surface area (Å²) in [6, 6.07) is 0. The van der Waals surface area contributed by atoms with Crippen molar-refractivity contribution in [3.05, 3.63) is 58.1 Å². The number of rotatable bonds is 6. The number of hydrogen-bond donors (Lipinski definition) is 1. The number of hydrogen-bond acceptors (Lipinski definition) is 6. The molecule has 0 aromatic rings. The van der Waals surface area contributed by atoms with Crippen LogP contribution >= 0.6 is 0 Å². The van der Waals surface area contributed by atoms with Crippen molar-refractivity contribution in [3.8, 4) is 0 Å². The standard InChI is InChI=1S/C24H30O6/c1-14(25)16-7-8-18-19-11-22(28-3)23(12-21(19)30-24(26)20(18)10-16)29-13-15-5-4-6-17(9-15)27-2/h4,6,10-11,15,17,21,24,26H,5,7-9,12-13H2,1-3H3. The third-order valence-electron chi connectivity index (χ3n) is 6.36. The van der Waals surface area contributed by atoms with E-state index in [0.29, 0.717) is 43.1 Å². The van der Waals surface area contributed by atoms with Gasteiger partial charge >= 0.3 is 0 Å². The summed E-state index contributed by atoms with van der Waals surface area (Å²) >= 11 is 0. The van der Waals surface area contributed by atoms with E-state index in [1.807, 2.05) is 6.08 Å². The number of ether oxygens (including phenoxy) is 4. The maximum absolute atomic E-state index is 11.8. The van der Waals surface area contributed by atoms with Crippen molar-refractivity contribution in [2.75, 3.05) is 20.8 Å². The molecule has 1 heterocycles. The minimum Gasteiger partial charge on any atom is -0.494 e. The van der Waals surface area contributed by atoms with Crippen LogP contribution in [0.25, 0.3) is 0 Å². The fourth-order valence-corrected chi connectivity index (χ4v) is 4.64. The molecule has 0 radical (unpaired) electrons. The quantitative estimate of drug-likeness (QED) is 0.671. The van der Waals surface area contributed by atoms with E-state index in [1.165, 1.54) is 0 Å². The Morgan fingerprint density at radius 2 is 2.10 bits per heavy atom. The van der Waals surface area contributed by atoms with Gasteiger partial charge in [0.1, 0.15) is 5.76 Å². The zero-order valence-electron chi connectivity index (χ0n) is 17.8. The van der Waals surface area contributed by atoms with Gasteiger partial charge in [-0.3, -0.25) is 4.79 Å². The first-order valence-electron chi connectivity index (χ1n) is 10.6. The van der Waals surface area contributed by atoms with Gasteiger partial charge in [-0.15, -0.1) is 0 Å². The second kappa shape index (κ2) is 8.92. The van der Waals surface area contributed by atoms with Gasteiger partial charge in [0.25, 0.3) is 0 Å². The summed E-state index contributed by atoms with van der Waals surface area (Å²) in [4.78, 5) is 11.8. The number of carbonyl (C=O) groups excluding carboxylic acids is 1. The summed E-state index contributed by atoms with van der Waals surface area (Å²) < 4.78 is 23.2. The minimum atomic E-state index is -1.03. The van der Waals surface area contributed by atoms with Crippen LogP contribution in [0.15, 0.2) is 58.1 Å². The van der Waals surface area contributed by atoms with E-state index in [2.05, 4.69) is 12.2 Å². The summed E-state index contributed by atoms with van der Waals surface area (Å²) in [5.74, 6) is 1.87. The van der Waals surface area contributed by atoms with Gasteiger partial charge in [-0.05, 0) is 67.4 Å². The van der Waals surface area contributed by atoms with Gasteiger partial charge in [0.15, 0.2) is 17.8 Å². The SMILES string of the molecule is COC1=C(OCC2CC=CC(OC)C2)CC2OC(O)C3=C(CCC(C(C)=O)=C3)C2=C1. The second-order valence-corrected chi connectivity index (χ2v) is 8.28. The predicted molar refractivity (Wildman–Crippen MR) is 111 cm³/mol. The van der Waals surface area contributed by atoms with Crippen LogP contribution in [0.2, 0.25) is 0 Å². The molecule has 4 unspecified atom stereocenters. The van der Waals surface area contributed by atoms with Crippen LogP contribution in [0.1, 0.15) is 39.0 Å². The zero-order valence-corrected chi connectivity index (χ0v) is 17.8. The van der Waals surface area contributed by atoms with Gasteiger partial charge < -0.3 is 24.1 Å². The Bertz CT molecular complexity index is 859. The number of aliphatic hydroxyl groups is 1. The van der Waals surface area contributed by atoms with Crippen LogP contribution < -0.4 is 0 Å². The normalized spacial score (nSPS) is 30.9. The van der Waals surface area contributed by atoms with Crippen molar-refractivity contribution >= 4 is 5.78 Å². The highest BCUT2D eigenvalue weighted by molar-refractivity contribution is 5.94. The number of methoxy groups -OCH3 is 2. The van der Waals surface area contributed by atoms with Crippen LogP contribution in [-0.2, 0) is 23.7 Å². The van der Waals surface area contributed by atoms with Gasteiger partial charge in [0.2, 0.25) is 0 Å². The number of allylic oxidation sites excluding steroid dienone is 3. The van der Waals surface area contributed by atoms with Crippen molar-refractivity contribution in [3.63, 3.8) is 0 Å². The second-order valence-electron chi connectivity index (χ2n) is 8.28. The minimum absolute atomic E-state index is 0.0370. The van der Waals surface area contributed by atoms with Gasteiger partial charge in [0, 0.05) is 19.1 Å². The van der Waals surface area contributed by atoms with E-state index in [-0.39, 0.29) is 18.0 Å². The maximum atomic E-state index is 11.8. The van der Waals surface area contributed by atoms with Crippen molar-refractivity contribution in [2.45, 2.75) is 57.5 Å². The molecule has 162 valence electrons. The molecule has 0 bridgehead atoms. The van der Waals surface area contributed by atoms with Crippen molar-refractivity contribution in [1.29, 1.82) is 0 Å². The lowest BCUT2D eigenvalue weighted by Gasteiger charge is -2.38. The highest BCUT2D eigenvalue weighted by Crippen LogP contribution is 2.43. The van der Waals surface area contributed by atoms with Crippen molar-refractivity contribution in [2.24, 2.45) is 5.92 Å². The van der Waals surface area contributed by atoms with E-state index < -0.39 is 6.29 Å². The molecule has 3 aliphatic carbocycles. The molecule has 0 saturated heterocycles. The van der Waals surface area contributed by atoms with Gasteiger partial charge in [0.05, 0.1) is 25.9 Å². The Morgan fingerprint density at radius 3 is 2.83 bits per heavy atom. The molecule has 0 aromatic carbocycles. The van der Waals surface area contributed by atoms with E-state index in [0.717, 1.165) is 35.3 Å². The predicted octanol–water partition coefficient (Wildman–Crippen LogP) is 3.50. The summed E-state index contributed by atoms with van der Waals surface area (Å²) in [6.07, 6.45) is 10.6. The molecular formula is C24H30O6. The van der Waals surface area contributed by atoms with E-state index in [4.69, 9.17) is 18.9 Å². The van der Waals surface area contributed by atoms with Crippen LogP contribution in [0.4, 0.5) is 0 Å². The van der Waals surface area contributed by atoms with Crippen LogP contribution in [0.3, 0.4) is 0 Å². The lowest BCUT2D eigenvalue weighted by atomic mass is 9.80. The smallest absolute Gasteiger partial charge is 0.182 e. The lowest BCUT2D eigenvalue weighted by molar-refractivity contribution is -0.114. The Kier molecular flexibility index (Phi) is 6.27. The fraction of sp³-hybridized carbons (Fsp3) is 0.542. The molecule has 4 atom stereocenters. The number of carbonyl (C=O) groups is 1. The van der Waals surface area contributed by atoms with Crippen LogP contribution in [0.5, 0.6) is 0 Å². The highest BCUT2D eigenvalue weighted by Gasteiger charge is 2.37. The molecule has 4 aliphatic rings. The third kappa shape index (κ3) is 4.17. The first kappa shape index (κ1) is 21.1. The van der Waals surface area contributed by atoms with Crippen LogP contribution in [0, 0.1) is 5.92 Å². The summed E-state index contributed by atoms with van der Waals surface area (Å²) in [5, 5.41) is 10.6. The summed E-state index contributed by atoms with van der Waals surface area (Å²) in [6.45, 7) is 2.14. The van der Waals surface area contributed by atoms with E-state index in [1.54, 1.807) is 27.2 Å². The average Bonchev–Trinajstić information content (AvgIpc) is 2.77. The maximum Gasteiger partial charge on any atom is 0.182 e. The average molecular weight is 414 g/mol. The first-order chi connectivity index (χ1) is 14.5. The molecular weight excluding hydrogens is 384 g/mol. The van der Waals surface area contributed by atoms with Gasteiger partial charge in [-0.1, -0.05) is 12.2 Å². The Hall–Kier alpha value is -2.15. The largest absolute Gasteiger partial charge is 0.494 e. The molecule has 0 spiro atoms. The van der Waals surface area contributed by atoms with Crippen LogP contribution in [-0.4, -0.2) is 50.2 Å². The molecule has 1 N–H and O–H groups in total. The Morgan fingerprint density at radius 1 is 1.27 bits per heavy atom.